The maximum absolute atomic E-state index is 6.07. The molecule has 3 nitrogen and oxygen atoms in total. The highest BCUT2D eigenvalue weighted by Crippen LogP contribution is 2.39. The molecule has 1 aromatic heterocycles. The van der Waals surface area contributed by atoms with Crippen molar-refractivity contribution in [1.82, 2.24) is 4.98 Å². The molecule has 0 saturated carbocycles. The van der Waals surface area contributed by atoms with Crippen LogP contribution in [0.5, 0.6) is 0 Å². The molecule has 3 heteroatoms. The number of nitrogens with zero attached hydrogens (tertiary/aromatic N) is 2. The summed E-state index contributed by atoms with van der Waals surface area (Å²) < 4.78 is 0. The van der Waals surface area contributed by atoms with Gasteiger partial charge in [-0.25, -0.2) is 0 Å². The summed E-state index contributed by atoms with van der Waals surface area (Å²) in [6, 6.07) is 0.906. The third-order valence-corrected chi connectivity index (χ3v) is 6.21. The number of hydrogen-bond donors (Lipinski definition) is 1. The van der Waals surface area contributed by atoms with Gasteiger partial charge in [0.2, 0.25) is 0 Å². The number of fused-ring (bicyclic) bond motifs is 2. The van der Waals surface area contributed by atoms with E-state index in [1.807, 2.05) is 0 Å². The van der Waals surface area contributed by atoms with Gasteiger partial charge in [-0.05, 0) is 95.6 Å². The molecule has 0 fully saturated rings. The number of pyridine rings is 1. The largest absolute Gasteiger partial charge is 0.368 e. The Hall–Kier alpha value is -1.09. The van der Waals surface area contributed by atoms with E-state index < -0.39 is 0 Å². The topological polar surface area (TPSA) is 42.1 Å². The molecule has 0 aliphatic heterocycles. The summed E-state index contributed by atoms with van der Waals surface area (Å²) >= 11 is 0. The van der Waals surface area contributed by atoms with E-state index in [1.165, 1.54) is 75.6 Å². The number of anilines is 1. The molecule has 0 amide bonds. The van der Waals surface area contributed by atoms with Crippen molar-refractivity contribution in [2.75, 3.05) is 11.4 Å². The minimum Gasteiger partial charge on any atom is -0.368 e. The van der Waals surface area contributed by atoms with Crippen LogP contribution in [0.1, 0.15) is 88.2 Å². The predicted octanol–water partition coefficient (Wildman–Crippen LogP) is 4.57. The van der Waals surface area contributed by atoms with E-state index in [0.717, 1.165) is 13.0 Å². The van der Waals surface area contributed by atoms with Gasteiger partial charge in [0.05, 0.1) is 0 Å². The molecule has 2 atom stereocenters. The zero-order valence-electron chi connectivity index (χ0n) is 16.6. The predicted molar refractivity (Wildman–Crippen MR) is 108 cm³/mol. The summed E-state index contributed by atoms with van der Waals surface area (Å²) in [4.78, 5) is 7.88. The van der Waals surface area contributed by atoms with Crippen LogP contribution in [0, 0.1) is 0 Å². The van der Waals surface area contributed by atoms with Gasteiger partial charge in [0.25, 0.3) is 0 Å². The van der Waals surface area contributed by atoms with Crippen molar-refractivity contribution in [1.29, 1.82) is 0 Å². The van der Waals surface area contributed by atoms with Gasteiger partial charge in [0.1, 0.15) is 0 Å². The Balaban J connectivity index is 2.02. The van der Waals surface area contributed by atoms with Crippen LogP contribution in [-0.2, 0) is 25.7 Å². The fraction of sp³-hybridized carbons (Fsp3) is 0.773. The first kappa shape index (κ1) is 18.7. The van der Waals surface area contributed by atoms with Crippen molar-refractivity contribution in [2.45, 2.75) is 103 Å². The molecule has 0 radical (unpaired) electrons. The van der Waals surface area contributed by atoms with Crippen LogP contribution in [0.4, 0.5) is 5.69 Å². The molecular weight excluding hydrogens is 306 g/mol. The zero-order valence-corrected chi connectivity index (χ0v) is 16.6. The van der Waals surface area contributed by atoms with E-state index in [2.05, 4.69) is 25.7 Å². The maximum Gasteiger partial charge on any atom is 0.0470 e. The maximum atomic E-state index is 6.07. The minimum atomic E-state index is 0.299. The van der Waals surface area contributed by atoms with Gasteiger partial charge >= 0.3 is 0 Å². The third kappa shape index (κ3) is 4.02. The van der Waals surface area contributed by atoms with E-state index in [0.29, 0.717) is 12.1 Å². The summed E-state index contributed by atoms with van der Waals surface area (Å²) in [6.45, 7) is 7.91. The smallest absolute Gasteiger partial charge is 0.0470 e. The van der Waals surface area contributed by atoms with Gasteiger partial charge in [0.15, 0.2) is 0 Å². The molecule has 25 heavy (non-hydrogen) atoms. The highest BCUT2D eigenvalue weighted by atomic mass is 15.2. The van der Waals surface area contributed by atoms with Gasteiger partial charge in [0, 0.05) is 35.7 Å². The molecule has 2 aliphatic carbocycles. The van der Waals surface area contributed by atoms with Crippen molar-refractivity contribution in [3.8, 4) is 0 Å². The molecule has 3 rings (SSSR count). The van der Waals surface area contributed by atoms with Crippen LogP contribution in [0.15, 0.2) is 0 Å². The molecule has 2 N–H and O–H groups in total. The normalized spacial score (nSPS) is 19.0. The zero-order chi connectivity index (χ0) is 17.8. The summed E-state index contributed by atoms with van der Waals surface area (Å²) in [5.74, 6) is 0. The fourth-order valence-electron chi connectivity index (χ4n) is 4.86. The highest BCUT2D eigenvalue weighted by molar-refractivity contribution is 5.64. The van der Waals surface area contributed by atoms with Crippen molar-refractivity contribution < 1.29 is 0 Å². The average molecular weight is 344 g/mol. The van der Waals surface area contributed by atoms with Gasteiger partial charge in [-0.3, -0.25) is 4.98 Å². The summed E-state index contributed by atoms with van der Waals surface area (Å²) in [5, 5.41) is 0. The molecule has 0 saturated heterocycles. The summed E-state index contributed by atoms with van der Waals surface area (Å²) in [7, 11) is 0. The third-order valence-electron chi connectivity index (χ3n) is 6.21. The Morgan fingerprint density at radius 1 is 0.920 bits per heavy atom. The first-order chi connectivity index (χ1) is 12.2. The minimum absolute atomic E-state index is 0.299. The molecule has 1 aromatic rings. The molecular formula is C22H37N3. The number of aryl methyl sites for hydroxylation is 2. The van der Waals surface area contributed by atoms with Gasteiger partial charge < -0.3 is 10.6 Å². The molecule has 0 spiro atoms. The van der Waals surface area contributed by atoms with Crippen molar-refractivity contribution in [3.63, 3.8) is 0 Å². The molecule has 2 unspecified atom stereocenters. The summed E-state index contributed by atoms with van der Waals surface area (Å²) in [5.41, 5.74) is 13.7. The number of nitrogens with two attached hydrogens (primary N) is 1. The Labute approximate surface area is 154 Å². The van der Waals surface area contributed by atoms with E-state index >= 15 is 0 Å². The van der Waals surface area contributed by atoms with E-state index in [-0.39, 0.29) is 0 Å². The summed E-state index contributed by atoms with van der Waals surface area (Å²) in [6.07, 6.45) is 13.6. The molecule has 0 aromatic carbocycles. The standard InChI is InChI=1S/C22H37N3/c1-4-17(15-14-16(3)23)25(5-2)22-18-10-6-8-12-20(18)24-21-13-9-7-11-19(21)22/h16-17H,4-15,23H2,1-3H3. The second kappa shape index (κ2) is 8.53. The van der Waals surface area contributed by atoms with Crippen molar-refractivity contribution in [2.24, 2.45) is 5.73 Å². The Kier molecular flexibility index (Phi) is 6.38. The van der Waals surface area contributed by atoms with Crippen molar-refractivity contribution in [3.05, 3.63) is 22.5 Å². The van der Waals surface area contributed by atoms with E-state index in [9.17, 15) is 0 Å². The van der Waals surface area contributed by atoms with Crippen LogP contribution < -0.4 is 10.6 Å². The van der Waals surface area contributed by atoms with Crippen LogP contribution in [0.25, 0.3) is 0 Å². The molecule has 2 aliphatic rings. The second-order valence-corrected chi connectivity index (χ2v) is 8.13. The number of hydrogen-bond acceptors (Lipinski definition) is 3. The highest BCUT2D eigenvalue weighted by Gasteiger charge is 2.28. The Morgan fingerprint density at radius 3 is 1.96 bits per heavy atom. The van der Waals surface area contributed by atoms with Crippen LogP contribution >= 0.6 is 0 Å². The SMILES string of the molecule is CCC(CCC(C)N)N(CC)c1c2c(nc3c1CCCC3)CCCC2. The monoisotopic (exact) mass is 343 g/mol. The lowest BCUT2D eigenvalue weighted by atomic mass is 9.85. The van der Waals surface area contributed by atoms with Gasteiger partial charge in [-0.15, -0.1) is 0 Å². The molecule has 140 valence electrons. The Bertz CT molecular complexity index is 545. The van der Waals surface area contributed by atoms with Crippen LogP contribution in [0.2, 0.25) is 0 Å². The quantitative estimate of drug-likeness (QED) is 0.788. The van der Waals surface area contributed by atoms with Crippen LogP contribution in [-0.4, -0.2) is 23.6 Å². The Morgan fingerprint density at radius 2 is 1.48 bits per heavy atom. The van der Waals surface area contributed by atoms with Gasteiger partial charge in [-0.2, -0.15) is 0 Å². The first-order valence-corrected chi connectivity index (χ1v) is 10.7. The number of rotatable bonds is 7. The first-order valence-electron chi connectivity index (χ1n) is 10.7. The molecule has 1 heterocycles. The van der Waals surface area contributed by atoms with Crippen LogP contribution in [0.3, 0.4) is 0 Å². The van der Waals surface area contributed by atoms with E-state index in [1.54, 1.807) is 16.8 Å². The average Bonchev–Trinajstić information content (AvgIpc) is 2.63. The lowest BCUT2D eigenvalue weighted by molar-refractivity contribution is 0.491. The second-order valence-electron chi connectivity index (χ2n) is 8.13. The van der Waals surface area contributed by atoms with Crippen molar-refractivity contribution >= 4 is 5.69 Å². The lowest BCUT2D eigenvalue weighted by Crippen LogP contribution is -2.38. The number of aromatic nitrogens is 1. The lowest BCUT2D eigenvalue weighted by Gasteiger charge is -2.38. The molecule has 0 bridgehead atoms. The van der Waals surface area contributed by atoms with E-state index in [4.69, 9.17) is 10.7 Å². The fourth-order valence-corrected chi connectivity index (χ4v) is 4.86. The van der Waals surface area contributed by atoms with Gasteiger partial charge in [-0.1, -0.05) is 6.92 Å².